The fourth-order valence-corrected chi connectivity index (χ4v) is 1.87. The molecule has 0 fully saturated rings. The molecule has 0 spiro atoms. The average Bonchev–Trinajstić information content (AvgIpc) is 2.47. The molecule has 0 aliphatic rings. The van der Waals surface area contributed by atoms with Gasteiger partial charge in [-0.25, -0.2) is 0 Å². The lowest BCUT2D eigenvalue weighted by atomic mass is 10.0. The summed E-state index contributed by atoms with van der Waals surface area (Å²) in [5, 5.41) is 2.54. The number of amides is 2. The molecule has 0 unspecified atom stereocenters. The molecule has 1 aromatic carbocycles. The normalized spacial score (nSPS) is 10.2. The second-order valence-electron chi connectivity index (χ2n) is 4.81. The van der Waals surface area contributed by atoms with E-state index in [1.54, 1.807) is 14.2 Å². The minimum atomic E-state index is -0.102. The molecule has 0 saturated heterocycles. The van der Waals surface area contributed by atoms with E-state index in [-0.39, 0.29) is 12.3 Å². The first-order chi connectivity index (χ1) is 9.53. The Bertz CT molecular complexity index is 472. The molecule has 5 nitrogen and oxygen atoms in total. The molecule has 0 aliphatic carbocycles. The molecule has 1 aromatic rings. The first-order valence-electron chi connectivity index (χ1n) is 6.64. The van der Waals surface area contributed by atoms with Crippen molar-refractivity contribution in [2.24, 2.45) is 0 Å². The predicted octanol–water partition coefficient (Wildman–Crippen LogP) is 1.92. The molecule has 20 heavy (non-hydrogen) atoms. The van der Waals surface area contributed by atoms with Crippen LogP contribution in [0.4, 0.5) is 5.69 Å². The highest BCUT2D eigenvalue weighted by Crippen LogP contribution is 2.31. The van der Waals surface area contributed by atoms with Gasteiger partial charge < -0.3 is 15.0 Å². The summed E-state index contributed by atoms with van der Waals surface area (Å²) in [5.41, 5.74) is 1.82. The molecular weight excluding hydrogens is 256 g/mol. The summed E-state index contributed by atoms with van der Waals surface area (Å²) in [6.07, 6.45) is 0.972. The van der Waals surface area contributed by atoms with E-state index in [4.69, 9.17) is 4.74 Å². The van der Waals surface area contributed by atoms with Crippen LogP contribution in [0.2, 0.25) is 0 Å². The number of rotatable bonds is 7. The van der Waals surface area contributed by atoms with Crippen LogP contribution in [0, 0.1) is 0 Å². The van der Waals surface area contributed by atoms with Crippen LogP contribution >= 0.6 is 0 Å². The van der Waals surface area contributed by atoms with Crippen molar-refractivity contribution in [3.63, 3.8) is 0 Å². The number of carbonyl (C=O) groups excluding carboxylic acids is 2. The van der Waals surface area contributed by atoms with Crippen molar-refractivity contribution in [1.29, 1.82) is 0 Å². The van der Waals surface area contributed by atoms with Gasteiger partial charge in [-0.15, -0.1) is 0 Å². The van der Waals surface area contributed by atoms with Crippen molar-refractivity contribution >= 4 is 18.0 Å². The van der Waals surface area contributed by atoms with Crippen molar-refractivity contribution < 1.29 is 14.3 Å². The Balaban J connectivity index is 2.96. The lowest BCUT2D eigenvalue weighted by molar-refractivity contribution is -0.120. The van der Waals surface area contributed by atoms with E-state index < -0.39 is 0 Å². The molecule has 0 saturated carbocycles. The second-order valence-corrected chi connectivity index (χ2v) is 4.81. The molecule has 0 bridgehead atoms. The number of benzene rings is 1. The van der Waals surface area contributed by atoms with Crippen molar-refractivity contribution in [3.05, 3.63) is 23.8 Å². The predicted molar refractivity (Wildman–Crippen MR) is 79.2 cm³/mol. The minimum Gasteiger partial charge on any atom is -0.495 e. The third kappa shape index (κ3) is 3.98. The fraction of sp³-hybridized carbons (Fsp3) is 0.467. The highest BCUT2D eigenvalue weighted by atomic mass is 16.5. The minimum absolute atomic E-state index is 0.102. The number of methoxy groups -OCH3 is 1. The van der Waals surface area contributed by atoms with Crippen molar-refractivity contribution in [2.75, 3.05) is 25.6 Å². The molecule has 1 rings (SSSR count). The summed E-state index contributed by atoms with van der Waals surface area (Å²) < 4.78 is 5.35. The van der Waals surface area contributed by atoms with Gasteiger partial charge in [0.25, 0.3) is 0 Å². The summed E-state index contributed by atoms with van der Waals surface area (Å²) in [6, 6.07) is 5.75. The Morgan fingerprint density at radius 2 is 2.15 bits per heavy atom. The van der Waals surface area contributed by atoms with Crippen LogP contribution in [0.3, 0.4) is 0 Å². The van der Waals surface area contributed by atoms with Gasteiger partial charge in [-0.3, -0.25) is 9.59 Å². The summed E-state index contributed by atoms with van der Waals surface area (Å²) in [6.45, 7) is 4.51. The monoisotopic (exact) mass is 278 g/mol. The number of nitrogens with zero attached hydrogens (tertiary/aromatic N) is 1. The number of carbonyl (C=O) groups is 2. The maximum Gasteiger partial charge on any atom is 0.221 e. The highest BCUT2D eigenvalue weighted by Gasteiger charge is 2.14. The Labute approximate surface area is 119 Å². The van der Waals surface area contributed by atoms with Crippen LogP contribution in [0.15, 0.2) is 18.2 Å². The molecule has 0 aromatic heterocycles. The molecular formula is C15H22N2O3. The second kappa shape index (κ2) is 7.53. The highest BCUT2D eigenvalue weighted by molar-refractivity contribution is 5.82. The van der Waals surface area contributed by atoms with Gasteiger partial charge in [0.15, 0.2) is 0 Å². The smallest absolute Gasteiger partial charge is 0.221 e. The van der Waals surface area contributed by atoms with Gasteiger partial charge in [-0.1, -0.05) is 19.9 Å². The van der Waals surface area contributed by atoms with Crippen LogP contribution in [-0.4, -0.2) is 33.0 Å². The molecule has 0 radical (unpaired) electrons. The first-order valence-corrected chi connectivity index (χ1v) is 6.64. The molecule has 0 aliphatic heterocycles. The molecule has 0 heterocycles. The van der Waals surface area contributed by atoms with Gasteiger partial charge in [0.05, 0.1) is 12.8 Å². The van der Waals surface area contributed by atoms with E-state index >= 15 is 0 Å². The van der Waals surface area contributed by atoms with Gasteiger partial charge in [0, 0.05) is 20.0 Å². The Kier molecular flexibility index (Phi) is 6.03. The van der Waals surface area contributed by atoms with Gasteiger partial charge in [-0.05, 0) is 23.6 Å². The lowest BCUT2D eigenvalue weighted by Gasteiger charge is -2.21. The summed E-state index contributed by atoms with van der Waals surface area (Å²) >= 11 is 0. The van der Waals surface area contributed by atoms with E-state index in [1.807, 2.05) is 18.2 Å². The largest absolute Gasteiger partial charge is 0.495 e. The molecule has 1 N–H and O–H groups in total. The number of hydrogen-bond donors (Lipinski definition) is 1. The zero-order chi connectivity index (χ0) is 15.1. The van der Waals surface area contributed by atoms with E-state index in [9.17, 15) is 9.59 Å². The topological polar surface area (TPSA) is 58.6 Å². The van der Waals surface area contributed by atoms with Crippen LogP contribution in [0.5, 0.6) is 5.75 Å². The molecule has 110 valence electrons. The van der Waals surface area contributed by atoms with E-state index in [2.05, 4.69) is 19.2 Å². The van der Waals surface area contributed by atoms with Crippen LogP contribution in [-0.2, 0) is 9.59 Å². The van der Waals surface area contributed by atoms with Gasteiger partial charge in [0.1, 0.15) is 5.75 Å². The third-order valence-corrected chi connectivity index (χ3v) is 3.17. The Hall–Kier alpha value is -2.04. The van der Waals surface area contributed by atoms with E-state index in [0.29, 0.717) is 23.9 Å². The third-order valence-electron chi connectivity index (χ3n) is 3.17. The van der Waals surface area contributed by atoms with Crippen molar-refractivity contribution in [1.82, 2.24) is 5.32 Å². The maximum atomic E-state index is 11.3. The molecule has 0 atom stereocenters. The van der Waals surface area contributed by atoms with Gasteiger partial charge in [-0.2, -0.15) is 0 Å². The van der Waals surface area contributed by atoms with Crippen molar-refractivity contribution in [3.8, 4) is 5.75 Å². The lowest BCUT2D eigenvalue weighted by Crippen LogP contribution is -2.28. The van der Waals surface area contributed by atoms with Gasteiger partial charge in [0.2, 0.25) is 12.3 Å². The van der Waals surface area contributed by atoms with Crippen LogP contribution < -0.4 is 15.0 Å². The summed E-state index contributed by atoms with van der Waals surface area (Å²) in [5.74, 6) is 0.920. The molecule has 5 heteroatoms. The number of nitrogens with one attached hydrogen (secondary N) is 1. The molecule has 2 amide bonds. The van der Waals surface area contributed by atoms with Crippen LogP contribution in [0.25, 0.3) is 0 Å². The van der Waals surface area contributed by atoms with Gasteiger partial charge >= 0.3 is 0 Å². The van der Waals surface area contributed by atoms with Crippen molar-refractivity contribution in [2.45, 2.75) is 26.2 Å². The zero-order valence-corrected chi connectivity index (χ0v) is 12.5. The summed E-state index contributed by atoms with van der Waals surface area (Å²) in [4.78, 5) is 24.0. The maximum absolute atomic E-state index is 11.3. The number of hydrogen-bond acceptors (Lipinski definition) is 3. The first kappa shape index (κ1) is 16.0. The number of ether oxygens (including phenoxy) is 1. The quantitative estimate of drug-likeness (QED) is 0.775. The fourth-order valence-electron chi connectivity index (χ4n) is 1.87. The zero-order valence-electron chi connectivity index (χ0n) is 12.5. The van der Waals surface area contributed by atoms with E-state index in [0.717, 1.165) is 12.0 Å². The standard InChI is InChI=1S/C15H22N2O3/c1-11(2)12-5-6-13(14(9-12)20-4)17(10-18)8-7-15(19)16-3/h5-6,9-11H,7-8H2,1-4H3,(H,16,19). The Morgan fingerprint density at radius 3 is 2.65 bits per heavy atom. The van der Waals surface area contributed by atoms with E-state index in [1.165, 1.54) is 4.90 Å². The Morgan fingerprint density at radius 1 is 1.45 bits per heavy atom. The summed E-state index contributed by atoms with van der Waals surface area (Å²) in [7, 11) is 3.15. The van der Waals surface area contributed by atoms with Crippen LogP contribution in [0.1, 0.15) is 31.7 Å². The number of anilines is 1. The SMILES string of the molecule is CNC(=O)CCN(C=O)c1ccc(C(C)C)cc1OC. The average molecular weight is 278 g/mol.